The lowest BCUT2D eigenvalue weighted by Crippen LogP contribution is -2.34. The van der Waals surface area contributed by atoms with Gasteiger partial charge in [-0.25, -0.2) is 4.79 Å². The molecule has 0 amide bonds. The molecule has 1 N–H and O–H groups in total. The van der Waals surface area contributed by atoms with E-state index in [0.29, 0.717) is 15.9 Å². The Labute approximate surface area is 183 Å². The van der Waals surface area contributed by atoms with Crippen LogP contribution in [-0.4, -0.2) is 23.7 Å². The van der Waals surface area contributed by atoms with Crippen LogP contribution in [-0.2, 0) is 9.09 Å². The molecular formula is C23H30NO4PS. The van der Waals surface area contributed by atoms with Gasteiger partial charge >= 0.3 is 13.5 Å². The van der Waals surface area contributed by atoms with Crippen LogP contribution >= 0.6 is 18.9 Å². The van der Waals surface area contributed by atoms with Gasteiger partial charge in [-0.1, -0.05) is 29.5 Å². The first-order valence-corrected chi connectivity index (χ1v) is 12.3. The van der Waals surface area contributed by atoms with E-state index >= 15 is 0 Å². The van der Waals surface area contributed by atoms with Gasteiger partial charge in [-0.15, -0.1) is 11.3 Å². The first kappa shape index (κ1) is 24.2. The Morgan fingerprint density at radius 1 is 1.27 bits per heavy atom. The summed E-state index contributed by atoms with van der Waals surface area (Å²) in [5, 5.41) is 10.4. The molecule has 0 radical (unpaired) electrons. The number of nitrogens with zero attached hydrogens (tertiary/aromatic N) is 1. The van der Waals surface area contributed by atoms with Crippen LogP contribution in [0, 0.1) is 24.2 Å². The normalized spacial score (nSPS) is 13.5. The molecule has 0 fully saturated rings. The zero-order valence-electron chi connectivity index (χ0n) is 18.6. The summed E-state index contributed by atoms with van der Waals surface area (Å²) in [5.41, 5.74) is 1.20. The number of hydrogen-bond acceptors (Lipinski definition) is 4. The molecule has 1 atom stereocenters. The molecule has 1 aromatic heterocycles. The van der Waals surface area contributed by atoms with Crippen molar-refractivity contribution in [1.29, 1.82) is 0 Å². The molecule has 1 aromatic carbocycles. The Kier molecular flexibility index (Phi) is 7.58. The lowest BCUT2D eigenvalue weighted by atomic mass is 9.98. The molecule has 2 aromatic rings. The van der Waals surface area contributed by atoms with E-state index in [1.807, 2.05) is 53.7 Å². The Morgan fingerprint density at radius 3 is 2.33 bits per heavy atom. The van der Waals surface area contributed by atoms with Crippen LogP contribution < -0.4 is 9.97 Å². The molecule has 0 aliphatic rings. The maximum atomic E-state index is 14.2. The topological polar surface area (TPSA) is 66.8 Å². The van der Waals surface area contributed by atoms with Gasteiger partial charge in [0, 0.05) is 11.5 Å². The van der Waals surface area contributed by atoms with E-state index in [4.69, 9.17) is 4.52 Å². The lowest BCUT2D eigenvalue weighted by molar-refractivity contribution is 0.0703. The van der Waals surface area contributed by atoms with Crippen molar-refractivity contribution in [3.8, 4) is 11.8 Å². The molecule has 2 rings (SSSR count). The maximum Gasteiger partial charge on any atom is 0.348 e. The molecule has 162 valence electrons. The standard InChI is InChI=1S/C23H30NO4PS/c1-8-28-29(27,18-11-9-17(4)10-12-18)24(16(2)3)20-15-19(13-14-23(5,6)7)30-21(20)22(25)26/h9-12,15-16H,8H2,1-7H3,(H,25,26). The monoisotopic (exact) mass is 447 g/mol. The van der Waals surface area contributed by atoms with Crippen LogP contribution in [0.2, 0.25) is 0 Å². The Balaban J connectivity index is 2.71. The van der Waals surface area contributed by atoms with Crippen molar-refractivity contribution in [1.82, 2.24) is 0 Å². The van der Waals surface area contributed by atoms with E-state index in [-0.39, 0.29) is 22.9 Å². The number of aryl methyl sites for hydroxylation is 1. The van der Waals surface area contributed by atoms with Gasteiger partial charge in [-0.05, 0) is 66.7 Å². The summed E-state index contributed by atoms with van der Waals surface area (Å²) in [5.74, 6) is 5.14. The molecule has 7 heteroatoms. The quantitative estimate of drug-likeness (QED) is 0.421. The van der Waals surface area contributed by atoms with Crippen molar-refractivity contribution >= 4 is 35.8 Å². The van der Waals surface area contributed by atoms with Crippen LogP contribution in [0.3, 0.4) is 0 Å². The van der Waals surface area contributed by atoms with Gasteiger partial charge in [0.05, 0.1) is 22.5 Å². The zero-order valence-corrected chi connectivity index (χ0v) is 20.4. The minimum Gasteiger partial charge on any atom is -0.477 e. The molecule has 1 heterocycles. The molecule has 0 aliphatic heterocycles. The number of carbonyl (C=O) groups is 1. The highest BCUT2D eigenvalue weighted by Crippen LogP contribution is 2.55. The van der Waals surface area contributed by atoms with E-state index in [0.717, 1.165) is 16.9 Å². The third-order valence-electron chi connectivity index (χ3n) is 4.15. The first-order valence-electron chi connectivity index (χ1n) is 9.91. The van der Waals surface area contributed by atoms with Crippen LogP contribution in [0.15, 0.2) is 30.3 Å². The van der Waals surface area contributed by atoms with Crippen molar-refractivity contribution in [3.63, 3.8) is 0 Å². The Morgan fingerprint density at radius 2 is 1.87 bits per heavy atom. The molecule has 0 bridgehead atoms. The lowest BCUT2D eigenvalue weighted by Gasteiger charge is -2.35. The Bertz CT molecular complexity index is 1010. The van der Waals surface area contributed by atoms with Gasteiger partial charge in [0.25, 0.3) is 0 Å². The number of rotatable bonds is 7. The fourth-order valence-electron chi connectivity index (χ4n) is 2.91. The molecule has 5 nitrogen and oxygen atoms in total. The summed E-state index contributed by atoms with van der Waals surface area (Å²) >= 11 is 1.09. The fourth-order valence-corrected chi connectivity index (χ4v) is 6.27. The van der Waals surface area contributed by atoms with Crippen molar-refractivity contribution in [2.75, 3.05) is 11.3 Å². The fraction of sp³-hybridized carbons (Fsp3) is 0.435. The van der Waals surface area contributed by atoms with Gasteiger partial charge < -0.3 is 9.63 Å². The number of anilines is 1. The maximum absolute atomic E-state index is 14.2. The summed E-state index contributed by atoms with van der Waals surface area (Å²) in [6.45, 7) is 13.7. The van der Waals surface area contributed by atoms with E-state index < -0.39 is 13.5 Å². The highest BCUT2D eigenvalue weighted by atomic mass is 32.1. The van der Waals surface area contributed by atoms with Crippen molar-refractivity contribution in [2.24, 2.45) is 5.41 Å². The van der Waals surface area contributed by atoms with Gasteiger partial charge in [0.1, 0.15) is 4.88 Å². The summed E-state index contributed by atoms with van der Waals surface area (Å²) in [4.78, 5) is 12.8. The average Bonchev–Trinajstić information content (AvgIpc) is 3.04. The third-order valence-corrected chi connectivity index (χ3v) is 7.98. The predicted molar refractivity (Wildman–Crippen MR) is 125 cm³/mol. The average molecular weight is 448 g/mol. The smallest absolute Gasteiger partial charge is 0.348 e. The summed E-state index contributed by atoms with van der Waals surface area (Å²) < 4.78 is 21.7. The zero-order chi connectivity index (χ0) is 22.7. The minimum absolute atomic E-state index is 0.106. The van der Waals surface area contributed by atoms with Crippen molar-refractivity contribution in [2.45, 2.75) is 54.5 Å². The molecule has 0 saturated carbocycles. The number of hydrogen-bond donors (Lipinski definition) is 1. The molecule has 1 unspecified atom stereocenters. The minimum atomic E-state index is -3.56. The van der Waals surface area contributed by atoms with Crippen LogP contribution in [0.4, 0.5) is 5.69 Å². The van der Waals surface area contributed by atoms with Crippen LogP contribution in [0.5, 0.6) is 0 Å². The summed E-state index contributed by atoms with van der Waals surface area (Å²) in [6, 6.07) is 8.78. The summed E-state index contributed by atoms with van der Waals surface area (Å²) in [6.07, 6.45) is 0. The second kappa shape index (κ2) is 9.39. The second-order valence-electron chi connectivity index (χ2n) is 8.34. The number of benzene rings is 1. The van der Waals surface area contributed by atoms with Crippen molar-refractivity contribution < 1.29 is 19.0 Å². The molecule has 0 spiro atoms. The van der Waals surface area contributed by atoms with Crippen LogP contribution in [0.1, 0.15) is 61.7 Å². The van der Waals surface area contributed by atoms with Crippen molar-refractivity contribution in [3.05, 3.63) is 45.6 Å². The number of thiophene rings is 1. The van der Waals surface area contributed by atoms with E-state index in [9.17, 15) is 14.5 Å². The third kappa shape index (κ3) is 5.55. The van der Waals surface area contributed by atoms with Crippen LogP contribution in [0.25, 0.3) is 0 Å². The highest BCUT2D eigenvalue weighted by Gasteiger charge is 2.39. The van der Waals surface area contributed by atoms with Gasteiger partial charge in [0.2, 0.25) is 0 Å². The Hall–Kier alpha value is -2.06. The molecular weight excluding hydrogens is 417 g/mol. The number of aromatic carboxylic acids is 1. The molecule has 30 heavy (non-hydrogen) atoms. The SMILES string of the molecule is CCOP(=O)(c1ccc(C)cc1)N(c1cc(C#CC(C)(C)C)sc1C(=O)O)C(C)C. The largest absolute Gasteiger partial charge is 0.477 e. The van der Waals surface area contributed by atoms with E-state index in [1.165, 1.54) is 0 Å². The number of carboxylic acid groups (broad SMARTS) is 1. The van der Waals surface area contributed by atoms with E-state index in [2.05, 4.69) is 11.8 Å². The molecule has 0 saturated heterocycles. The van der Waals surface area contributed by atoms with E-state index in [1.54, 1.807) is 29.8 Å². The van der Waals surface area contributed by atoms with Gasteiger partial charge in [0.15, 0.2) is 0 Å². The molecule has 0 aliphatic carbocycles. The predicted octanol–water partition coefficient (Wildman–Crippen LogP) is 5.92. The van der Waals surface area contributed by atoms with Gasteiger partial charge in [-0.2, -0.15) is 0 Å². The number of carboxylic acids is 1. The second-order valence-corrected chi connectivity index (χ2v) is 11.6. The highest BCUT2D eigenvalue weighted by molar-refractivity contribution is 7.68. The summed E-state index contributed by atoms with van der Waals surface area (Å²) in [7, 11) is -3.56. The first-order chi connectivity index (χ1) is 13.9. The van der Waals surface area contributed by atoms with Gasteiger partial charge in [-0.3, -0.25) is 9.24 Å².